The Hall–Kier alpha value is -2.13. The fourth-order valence-electron chi connectivity index (χ4n) is 4.16. The first-order valence-corrected chi connectivity index (χ1v) is 14.2. The summed E-state index contributed by atoms with van der Waals surface area (Å²) in [5.74, 6) is 0.743. The summed E-state index contributed by atoms with van der Waals surface area (Å²) in [6, 6.07) is 19.6. The van der Waals surface area contributed by atoms with Crippen LogP contribution >= 0.6 is 23.2 Å². The monoisotopic (exact) mass is 564 g/mol. The Morgan fingerprint density at radius 1 is 1.00 bits per heavy atom. The van der Waals surface area contributed by atoms with Gasteiger partial charge in [-0.3, -0.25) is 4.18 Å². The lowest BCUT2D eigenvalue weighted by Gasteiger charge is -2.32. The molecule has 1 aliphatic rings. The smallest absolute Gasteiger partial charge is 0.297 e. The molecule has 0 N–H and O–H groups in total. The van der Waals surface area contributed by atoms with Crippen LogP contribution in [-0.2, 0) is 30.2 Å². The first kappa shape index (κ1) is 27.9. The number of ether oxygens (including phenoxy) is 3. The summed E-state index contributed by atoms with van der Waals surface area (Å²) in [7, 11) is -2.26. The predicted molar refractivity (Wildman–Crippen MR) is 144 cm³/mol. The number of aryl methyl sites for hydroxylation is 1. The van der Waals surface area contributed by atoms with Crippen LogP contribution in [-0.4, -0.2) is 34.5 Å². The van der Waals surface area contributed by atoms with Gasteiger partial charge in [-0.1, -0.05) is 59.1 Å². The molecule has 1 heterocycles. The molecule has 9 heteroatoms. The van der Waals surface area contributed by atoms with Crippen LogP contribution in [0.4, 0.5) is 0 Å². The molecule has 0 bridgehead atoms. The molecule has 3 aromatic rings. The van der Waals surface area contributed by atoms with E-state index >= 15 is 0 Å². The van der Waals surface area contributed by atoms with Gasteiger partial charge in [0.2, 0.25) is 0 Å². The molecule has 0 amide bonds. The Labute approximate surface area is 228 Å². The molecule has 3 atom stereocenters. The Bertz CT molecular complexity index is 1280. The summed E-state index contributed by atoms with van der Waals surface area (Å²) in [4.78, 5) is 0.126. The van der Waals surface area contributed by atoms with Crippen molar-refractivity contribution in [1.82, 2.24) is 0 Å². The van der Waals surface area contributed by atoms with E-state index in [0.717, 1.165) is 28.9 Å². The largest absolute Gasteiger partial charge is 0.497 e. The van der Waals surface area contributed by atoms with E-state index < -0.39 is 22.5 Å². The second-order valence-corrected chi connectivity index (χ2v) is 11.5. The summed E-state index contributed by atoms with van der Waals surface area (Å²) in [6.45, 7) is 1.82. The second-order valence-electron chi connectivity index (χ2n) is 9.01. The summed E-state index contributed by atoms with van der Waals surface area (Å²) in [5, 5.41) is 1.13. The molecular weight excluding hydrogens is 535 g/mol. The zero-order chi connectivity index (χ0) is 26.4. The maximum absolute atomic E-state index is 12.6. The molecule has 4 rings (SSSR count). The third-order valence-electron chi connectivity index (χ3n) is 6.25. The third-order valence-corrected chi connectivity index (χ3v) is 8.14. The van der Waals surface area contributed by atoms with Crippen molar-refractivity contribution in [2.24, 2.45) is 0 Å². The van der Waals surface area contributed by atoms with Crippen molar-refractivity contribution in [1.29, 1.82) is 0 Å². The summed E-state index contributed by atoms with van der Waals surface area (Å²) in [5.41, 5.74) is 2.81. The minimum absolute atomic E-state index is 0.0771. The molecule has 1 fully saturated rings. The van der Waals surface area contributed by atoms with Gasteiger partial charge in [0.05, 0.1) is 30.8 Å². The van der Waals surface area contributed by atoms with E-state index in [9.17, 15) is 8.42 Å². The van der Waals surface area contributed by atoms with Gasteiger partial charge in [0, 0.05) is 16.5 Å². The molecule has 0 aliphatic carbocycles. The first-order chi connectivity index (χ1) is 17.7. The van der Waals surface area contributed by atoms with Crippen LogP contribution in [0.15, 0.2) is 71.6 Å². The zero-order valence-electron chi connectivity index (χ0n) is 20.7. The van der Waals surface area contributed by atoms with Gasteiger partial charge >= 0.3 is 0 Å². The maximum atomic E-state index is 12.6. The number of benzene rings is 3. The Kier molecular flexibility index (Phi) is 9.51. The number of methoxy groups -OCH3 is 1. The highest BCUT2D eigenvalue weighted by Gasteiger charge is 2.29. The van der Waals surface area contributed by atoms with Crippen molar-refractivity contribution >= 4 is 33.3 Å². The third kappa shape index (κ3) is 7.69. The van der Waals surface area contributed by atoms with Gasteiger partial charge in [0.25, 0.3) is 10.1 Å². The molecule has 1 aliphatic heterocycles. The van der Waals surface area contributed by atoms with Crippen molar-refractivity contribution in [2.75, 3.05) is 13.7 Å². The minimum Gasteiger partial charge on any atom is -0.497 e. The van der Waals surface area contributed by atoms with E-state index in [1.165, 1.54) is 0 Å². The number of hydrogen-bond acceptors (Lipinski definition) is 6. The predicted octanol–water partition coefficient (Wildman–Crippen LogP) is 6.91. The molecule has 0 radical (unpaired) electrons. The van der Waals surface area contributed by atoms with E-state index in [1.807, 2.05) is 37.3 Å². The van der Waals surface area contributed by atoms with Crippen LogP contribution in [0.2, 0.25) is 10.0 Å². The normalized spacial score (nSPS) is 18.9. The highest BCUT2D eigenvalue weighted by atomic mass is 35.5. The molecule has 6 nitrogen and oxygen atoms in total. The molecule has 198 valence electrons. The standard InChI is InChI=1S/C28H30Cl2O6S/c1-19-6-14-25(15-7-19)37(31,32)34-18-24-4-3-5-28(35-24)36-27(20-9-12-23(33-2)13-10-20)16-21-8-11-22(29)17-26(21)30/h6-15,17,24,27-28H,3-5,16,18H2,1-2H3. The van der Waals surface area contributed by atoms with E-state index in [-0.39, 0.29) is 17.6 Å². The van der Waals surface area contributed by atoms with Crippen LogP contribution in [0, 0.1) is 6.92 Å². The number of hydrogen-bond donors (Lipinski definition) is 0. The molecule has 37 heavy (non-hydrogen) atoms. The molecule has 3 unspecified atom stereocenters. The molecule has 0 saturated carbocycles. The fourth-order valence-corrected chi connectivity index (χ4v) is 5.58. The first-order valence-electron chi connectivity index (χ1n) is 12.1. The average molecular weight is 566 g/mol. The van der Waals surface area contributed by atoms with Crippen molar-refractivity contribution in [3.63, 3.8) is 0 Å². The zero-order valence-corrected chi connectivity index (χ0v) is 23.1. The average Bonchev–Trinajstić information content (AvgIpc) is 2.89. The van der Waals surface area contributed by atoms with Gasteiger partial charge in [0.1, 0.15) is 5.75 Å². The topological polar surface area (TPSA) is 71.1 Å². The van der Waals surface area contributed by atoms with Gasteiger partial charge in [0.15, 0.2) is 6.29 Å². The van der Waals surface area contributed by atoms with E-state index in [2.05, 4.69) is 0 Å². The molecule has 1 saturated heterocycles. The number of rotatable bonds is 10. The Balaban J connectivity index is 1.44. The van der Waals surface area contributed by atoms with Crippen LogP contribution < -0.4 is 4.74 Å². The summed E-state index contributed by atoms with van der Waals surface area (Å²) < 4.78 is 48.4. The SMILES string of the molecule is COc1ccc(C(Cc2ccc(Cl)cc2Cl)OC2CCCC(COS(=O)(=O)c3ccc(C)cc3)O2)cc1. The van der Waals surface area contributed by atoms with Gasteiger partial charge in [-0.2, -0.15) is 8.42 Å². The highest BCUT2D eigenvalue weighted by molar-refractivity contribution is 7.86. The highest BCUT2D eigenvalue weighted by Crippen LogP contribution is 2.33. The van der Waals surface area contributed by atoms with Gasteiger partial charge in [-0.15, -0.1) is 0 Å². The van der Waals surface area contributed by atoms with Crippen LogP contribution in [0.5, 0.6) is 5.75 Å². The maximum Gasteiger partial charge on any atom is 0.297 e. The van der Waals surface area contributed by atoms with Crippen molar-refractivity contribution in [3.8, 4) is 5.75 Å². The lowest BCUT2D eigenvalue weighted by atomic mass is 10.0. The lowest BCUT2D eigenvalue weighted by Crippen LogP contribution is -2.34. The Morgan fingerprint density at radius 2 is 1.73 bits per heavy atom. The molecule has 0 aromatic heterocycles. The van der Waals surface area contributed by atoms with E-state index in [4.69, 9.17) is 41.6 Å². The van der Waals surface area contributed by atoms with Gasteiger partial charge < -0.3 is 14.2 Å². The lowest BCUT2D eigenvalue weighted by molar-refractivity contribution is -0.220. The second kappa shape index (κ2) is 12.6. The van der Waals surface area contributed by atoms with Crippen LogP contribution in [0.25, 0.3) is 0 Å². The number of halogens is 2. The molecule has 3 aromatic carbocycles. The van der Waals surface area contributed by atoms with Gasteiger partial charge in [-0.25, -0.2) is 0 Å². The van der Waals surface area contributed by atoms with Gasteiger partial charge in [-0.05, 0) is 73.7 Å². The molecule has 0 spiro atoms. The quantitative estimate of drug-likeness (QED) is 0.249. The van der Waals surface area contributed by atoms with Crippen molar-refractivity contribution in [2.45, 2.75) is 56.0 Å². The van der Waals surface area contributed by atoms with Crippen molar-refractivity contribution in [3.05, 3.63) is 93.5 Å². The van der Waals surface area contributed by atoms with E-state index in [0.29, 0.717) is 29.3 Å². The van der Waals surface area contributed by atoms with Crippen molar-refractivity contribution < 1.29 is 26.8 Å². The minimum atomic E-state index is -3.87. The van der Waals surface area contributed by atoms with E-state index in [1.54, 1.807) is 43.5 Å². The van der Waals surface area contributed by atoms with Crippen LogP contribution in [0.1, 0.15) is 42.1 Å². The molecular formula is C28H30Cl2O6S. The summed E-state index contributed by atoms with van der Waals surface area (Å²) >= 11 is 12.5. The fraction of sp³-hybridized carbons (Fsp3) is 0.357. The summed E-state index contributed by atoms with van der Waals surface area (Å²) in [6.07, 6.45) is 1.40. The Morgan fingerprint density at radius 3 is 2.41 bits per heavy atom. The van der Waals surface area contributed by atoms with Crippen LogP contribution in [0.3, 0.4) is 0 Å².